The first-order chi connectivity index (χ1) is 7.97. The molecule has 0 aromatic heterocycles. The van der Waals surface area contributed by atoms with Crippen LogP contribution in [0, 0.1) is 0 Å². The predicted octanol–water partition coefficient (Wildman–Crippen LogP) is 1.40. The summed E-state index contributed by atoms with van der Waals surface area (Å²) in [6.07, 6.45) is 2.95. The van der Waals surface area contributed by atoms with E-state index >= 15 is 0 Å². The van der Waals surface area contributed by atoms with Crippen molar-refractivity contribution in [3.63, 3.8) is 0 Å². The van der Waals surface area contributed by atoms with Crippen LogP contribution in [0.4, 0.5) is 0 Å². The number of amides is 1. The molecule has 1 amide bonds. The Kier molecular flexibility index (Phi) is 3.20. The van der Waals surface area contributed by atoms with E-state index < -0.39 is 5.54 Å². The lowest BCUT2D eigenvalue weighted by Crippen LogP contribution is -2.53. The third-order valence-electron chi connectivity index (χ3n) is 3.27. The summed E-state index contributed by atoms with van der Waals surface area (Å²) in [5, 5.41) is 3.04. The van der Waals surface area contributed by atoms with Gasteiger partial charge in [-0.2, -0.15) is 0 Å². The van der Waals surface area contributed by atoms with Crippen LogP contribution in [0.5, 0.6) is 0 Å². The largest absolute Gasteiger partial charge is 0.351 e. The minimum Gasteiger partial charge on any atom is -0.351 e. The molecule has 3 N–H and O–H groups in total. The van der Waals surface area contributed by atoms with Crippen LogP contribution in [-0.4, -0.2) is 17.5 Å². The number of carbonyl (C=O) groups is 1. The molecule has 1 unspecified atom stereocenters. The fraction of sp³-hybridized carbons (Fsp3) is 0.500. The zero-order chi connectivity index (χ0) is 12.5. The van der Waals surface area contributed by atoms with Gasteiger partial charge in [0, 0.05) is 6.04 Å². The number of nitrogens with one attached hydrogen (secondary N) is 1. The van der Waals surface area contributed by atoms with Crippen LogP contribution in [0.15, 0.2) is 24.3 Å². The summed E-state index contributed by atoms with van der Waals surface area (Å²) < 4.78 is 0. The maximum atomic E-state index is 11.8. The number of hydrogen-bond donors (Lipinski definition) is 2. The van der Waals surface area contributed by atoms with Gasteiger partial charge in [-0.3, -0.25) is 4.79 Å². The highest BCUT2D eigenvalue weighted by Gasteiger charge is 2.26. The first-order valence-electron chi connectivity index (χ1n) is 6.13. The summed E-state index contributed by atoms with van der Waals surface area (Å²) in [6, 6.07) is 8.65. The molecule has 3 heteroatoms. The van der Waals surface area contributed by atoms with E-state index in [-0.39, 0.29) is 11.9 Å². The molecule has 17 heavy (non-hydrogen) atoms. The van der Waals surface area contributed by atoms with Crippen molar-refractivity contribution in [2.24, 2.45) is 5.73 Å². The van der Waals surface area contributed by atoms with E-state index in [4.69, 9.17) is 5.73 Å². The van der Waals surface area contributed by atoms with Crippen LogP contribution in [0.25, 0.3) is 0 Å². The summed E-state index contributed by atoms with van der Waals surface area (Å²) in [5.74, 6) is -0.0677. The summed E-state index contributed by atoms with van der Waals surface area (Å²) in [7, 11) is 0. The van der Waals surface area contributed by atoms with E-state index in [1.165, 1.54) is 11.1 Å². The molecule has 0 radical (unpaired) electrons. The lowest BCUT2D eigenvalue weighted by Gasteiger charge is -2.28. The Balaban J connectivity index is 2.01. The second kappa shape index (κ2) is 4.49. The second-order valence-corrected chi connectivity index (χ2v) is 5.40. The van der Waals surface area contributed by atoms with Gasteiger partial charge in [0.15, 0.2) is 0 Å². The molecule has 1 aromatic carbocycles. The average Bonchev–Trinajstić information content (AvgIpc) is 2.27. The Labute approximate surface area is 102 Å². The van der Waals surface area contributed by atoms with Gasteiger partial charge >= 0.3 is 0 Å². The molecule has 2 rings (SSSR count). The van der Waals surface area contributed by atoms with Gasteiger partial charge in [0.25, 0.3) is 0 Å². The van der Waals surface area contributed by atoms with Crippen molar-refractivity contribution < 1.29 is 4.79 Å². The molecule has 0 saturated heterocycles. The van der Waals surface area contributed by atoms with Crippen LogP contribution in [0.3, 0.4) is 0 Å². The molecule has 1 aromatic rings. The van der Waals surface area contributed by atoms with Gasteiger partial charge < -0.3 is 11.1 Å². The molecule has 1 aliphatic rings. The Morgan fingerprint density at radius 3 is 2.65 bits per heavy atom. The monoisotopic (exact) mass is 232 g/mol. The normalized spacial score (nSPS) is 19.6. The molecule has 0 aliphatic heterocycles. The Morgan fingerprint density at radius 1 is 1.35 bits per heavy atom. The highest BCUT2D eigenvalue weighted by molar-refractivity contribution is 5.85. The fourth-order valence-electron chi connectivity index (χ4n) is 2.19. The van der Waals surface area contributed by atoms with Gasteiger partial charge in [-0.1, -0.05) is 24.3 Å². The highest BCUT2D eigenvalue weighted by Crippen LogP contribution is 2.21. The van der Waals surface area contributed by atoms with E-state index in [2.05, 4.69) is 29.6 Å². The van der Waals surface area contributed by atoms with Gasteiger partial charge in [-0.05, 0) is 44.2 Å². The van der Waals surface area contributed by atoms with E-state index in [1.807, 2.05) is 0 Å². The third kappa shape index (κ3) is 2.86. The van der Waals surface area contributed by atoms with Gasteiger partial charge in [0.1, 0.15) is 0 Å². The van der Waals surface area contributed by atoms with Crippen molar-refractivity contribution >= 4 is 5.91 Å². The van der Waals surface area contributed by atoms with Crippen molar-refractivity contribution in [2.45, 2.75) is 44.7 Å². The van der Waals surface area contributed by atoms with Crippen molar-refractivity contribution in [1.29, 1.82) is 0 Å². The lowest BCUT2D eigenvalue weighted by atomic mass is 9.88. The summed E-state index contributed by atoms with van der Waals surface area (Å²) in [5.41, 5.74) is 7.74. The minimum atomic E-state index is -0.795. The number of carbonyl (C=O) groups excluding carboxylic acids is 1. The Morgan fingerprint density at radius 2 is 2.00 bits per heavy atom. The summed E-state index contributed by atoms with van der Waals surface area (Å²) in [6.45, 7) is 3.47. The zero-order valence-electron chi connectivity index (χ0n) is 10.5. The lowest BCUT2D eigenvalue weighted by molar-refractivity contribution is -0.126. The Hall–Kier alpha value is -1.35. The van der Waals surface area contributed by atoms with Crippen LogP contribution < -0.4 is 11.1 Å². The van der Waals surface area contributed by atoms with Crippen molar-refractivity contribution in [3.8, 4) is 0 Å². The topological polar surface area (TPSA) is 55.1 Å². The Bertz CT molecular complexity index is 420. The van der Waals surface area contributed by atoms with Gasteiger partial charge in [0.2, 0.25) is 5.91 Å². The fourth-order valence-corrected chi connectivity index (χ4v) is 2.19. The minimum absolute atomic E-state index is 0.0677. The average molecular weight is 232 g/mol. The molecular formula is C14H20N2O. The summed E-state index contributed by atoms with van der Waals surface area (Å²) >= 11 is 0. The molecule has 1 aliphatic carbocycles. The molecular weight excluding hydrogens is 212 g/mol. The zero-order valence-corrected chi connectivity index (χ0v) is 10.5. The van der Waals surface area contributed by atoms with Crippen LogP contribution in [0.2, 0.25) is 0 Å². The number of benzene rings is 1. The van der Waals surface area contributed by atoms with Crippen LogP contribution in [-0.2, 0) is 17.6 Å². The van der Waals surface area contributed by atoms with Crippen molar-refractivity contribution in [2.75, 3.05) is 0 Å². The second-order valence-electron chi connectivity index (χ2n) is 5.40. The smallest absolute Gasteiger partial charge is 0.239 e. The third-order valence-corrected chi connectivity index (χ3v) is 3.27. The first kappa shape index (κ1) is 12.1. The van der Waals surface area contributed by atoms with E-state index in [0.717, 1.165) is 19.3 Å². The number of hydrogen-bond acceptors (Lipinski definition) is 2. The van der Waals surface area contributed by atoms with Crippen LogP contribution >= 0.6 is 0 Å². The number of nitrogens with two attached hydrogens (primary N) is 1. The van der Waals surface area contributed by atoms with Crippen molar-refractivity contribution in [3.05, 3.63) is 35.4 Å². The van der Waals surface area contributed by atoms with E-state index in [9.17, 15) is 4.79 Å². The predicted molar refractivity (Wildman–Crippen MR) is 68.7 cm³/mol. The summed E-state index contributed by atoms with van der Waals surface area (Å²) in [4.78, 5) is 11.8. The quantitative estimate of drug-likeness (QED) is 0.809. The first-order valence-corrected chi connectivity index (χ1v) is 6.13. The van der Waals surface area contributed by atoms with E-state index in [0.29, 0.717) is 0 Å². The molecule has 1 atom stereocenters. The molecule has 0 fully saturated rings. The maximum absolute atomic E-state index is 11.8. The molecule has 0 bridgehead atoms. The molecule has 0 saturated carbocycles. The SMILES string of the molecule is CC(C)(N)C(=O)NC1CCc2ccccc2C1. The molecule has 0 spiro atoms. The van der Waals surface area contributed by atoms with Crippen LogP contribution in [0.1, 0.15) is 31.4 Å². The standard InChI is InChI=1S/C14H20N2O/c1-14(2,15)13(17)16-12-8-7-10-5-3-4-6-11(10)9-12/h3-6,12H,7-9,15H2,1-2H3,(H,16,17). The molecule has 92 valence electrons. The van der Waals surface area contributed by atoms with Gasteiger partial charge in [-0.15, -0.1) is 0 Å². The van der Waals surface area contributed by atoms with Crippen molar-refractivity contribution in [1.82, 2.24) is 5.32 Å². The number of rotatable bonds is 2. The van der Waals surface area contributed by atoms with Gasteiger partial charge in [0.05, 0.1) is 5.54 Å². The molecule has 3 nitrogen and oxygen atoms in total. The molecule has 0 heterocycles. The number of fused-ring (bicyclic) bond motifs is 1. The number of aryl methyl sites for hydroxylation is 1. The van der Waals surface area contributed by atoms with Gasteiger partial charge in [-0.25, -0.2) is 0 Å². The highest BCUT2D eigenvalue weighted by atomic mass is 16.2. The maximum Gasteiger partial charge on any atom is 0.239 e. The van der Waals surface area contributed by atoms with E-state index in [1.54, 1.807) is 13.8 Å².